The smallest absolute Gasteiger partial charge is 0.219 e. The maximum Gasteiger partial charge on any atom is 0.219 e. The summed E-state index contributed by atoms with van der Waals surface area (Å²) in [6, 6.07) is 0. The van der Waals surface area contributed by atoms with E-state index in [-0.39, 0.29) is 11.4 Å². The molecule has 0 bridgehead atoms. The largest absolute Gasteiger partial charge is 0.338 e. The van der Waals surface area contributed by atoms with Crippen LogP contribution in [-0.2, 0) is 4.79 Å². The number of amides is 1. The summed E-state index contributed by atoms with van der Waals surface area (Å²) in [5.74, 6) is 0.184. The third-order valence-electron chi connectivity index (χ3n) is 2.84. The Labute approximate surface area is 107 Å². The molecule has 2 nitrogen and oxygen atoms in total. The van der Waals surface area contributed by atoms with Gasteiger partial charge < -0.3 is 4.90 Å². The molecule has 0 heterocycles. The first kappa shape index (κ1) is 16.2. The topological polar surface area (TPSA) is 20.3 Å². The molecule has 0 aliphatic rings. The van der Waals surface area contributed by atoms with Crippen LogP contribution in [0.5, 0.6) is 0 Å². The summed E-state index contributed by atoms with van der Waals surface area (Å²) in [7, 11) is 0. The quantitative estimate of drug-likeness (QED) is 0.482. The Bertz CT molecular complexity index is 238. The maximum atomic E-state index is 11.5. The van der Waals surface area contributed by atoms with Crippen LogP contribution in [0.4, 0.5) is 0 Å². The first-order chi connectivity index (χ1) is 7.89. The minimum absolute atomic E-state index is 0.0477. The van der Waals surface area contributed by atoms with Crippen molar-refractivity contribution < 1.29 is 4.79 Å². The van der Waals surface area contributed by atoms with Gasteiger partial charge in [0.2, 0.25) is 5.91 Å². The van der Waals surface area contributed by atoms with Crippen molar-refractivity contribution in [2.75, 3.05) is 6.54 Å². The third kappa shape index (κ3) is 8.00. The Balaban J connectivity index is 3.77. The zero-order chi connectivity index (χ0) is 13.3. The van der Waals surface area contributed by atoms with Crippen molar-refractivity contribution in [1.29, 1.82) is 0 Å². The Hall–Kier alpha value is -0.790. The van der Waals surface area contributed by atoms with Gasteiger partial charge in [-0.25, -0.2) is 0 Å². The van der Waals surface area contributed by atoms with Crippen molar-refractivity contribution in [3.63, 3.8) is 0 Å². The lowest BCUT2D eigenvalue weighted by Gasteiger charge is -2.35. The van der Waals surface area contributed by atoms with Crippen molar-refractivity contribution in [3.05, 3.63) is 12.2 Å². The highest BCUT2D eigenvalue weighted by Crippen LogP contribution is 2.15. The van der Waals surface area contributed by atoms with Gasteiger partial charge in [0.1, 0.15) is 0 Å². The average molecular weight is 239 g/mol. The van der Waals surface area contributed by atoms with Crippen LogP contribution in [0.3, 0.4) is 0 Å². The molecule has 0 N–H and O–H groups in total. The van der Waals surface area contributed by atoms with E-state index >= 15 is 0 Å². The molecule has 0 aliphatic carbocycles. The molecule has 100 valence electrons. The van der Waals surface area contributed by atoms with E-state index in [4.69, 9.17) is 0 Å². The van der Waals surface area contributed by atoms with E-state index in [0.717, 1.165) is 19.4 Å². The first-order valence-electron chi connectivity index (χ1n) is 6.82. The Morgan fingerprint density at radius 3 is 2.24 bits per heavy atom. The second-order valence-electron chi connectivity index (χ2n) is 5.57. The third-order valence-corrected chi connectivity index (χ3v) is 2.84. The van der Waals surface area contributed by atoms with Crippen LogP contribution in [0, 0.1) is 0 Å². The lowest BCUT2D eigenvalue weighted by molar-refractivity contribution is -0.133. The van der Waals surface area contributed by atoms with Crippen molar-refractivity contribution in [1.82, 2.24) is 4.90 Å². The number of carbonyl (C=O) groups excluding carboxylic acids is 1. The molecule has 2 heteroatoms. The van der Waals surface area contributed by atoms with Gasteiger partial charge in [-0.1, -0.05) is 25.5 Å². The van der Waals surface area contributed by atoms with Crippen molar-refractivity contribution in [2.24, 2.45) is 0 Å². The fourth-order valence-corrected chi connectivity index (χ4v) is 1.96. The number of hydrogen-bond donors (Lipinski definition) is 0. The highest BCUT2D eigenvalue weighted by atomic mass is 16.2. The van der Waals surface area contributed by atoms with E-state index in [2.05, 4.69) is 39.8 Å². The highest BCUT2D eigenvalue weighted by molar-refractivity contribution is 5.74. The molecule has 0 aromatic carbocycles. The molecule has 0 unspecified atom stereocenters. The van der Waals surface area contributed by atoms with Gasteiger partial charge >= 0.3 is 0 Å². The van der Waals surface area contributed by atoms with Crippen LogP contribution in [0.15, 0.2) is 12.2 Å². The molecule has 0 saturated carbocycles. The molecule has 0 rings (SSSR count). The molecule has 0 aromatic heterocycles. The minimum atomic E-state index is -0.0477. The number of nitrogens with zero attached hydrogens (tertiary/aromatic N) is 1. The van der Waals surface area contributed by atoms with Gasteiger partial charge in [0.05, 0.1) is 0 Å². The standard InChI is InChI=1S/C15H29NO/c1-6-7-8-9-10-11-12-13-16(14(2)17)15(3,4)5/h7-8H,6,9-13H2,1-5H3/b8-7-. The second-order valence-corrected chi connectivity index (χ2v) is 5.57. The fraction of sp³-hybridized carbons (Fsp3) is 0.800. The monoisotopic (exact) mass is 239 g/mol. The summed E-state index contributed by atoms with van der Waals surface area (Å²) >= 11 is 0. The Morgan fingerprint density at radius 2 is 1.76 bits per heavy atom. The maximum absolute atomic E-state index is 11.5. The molecule has 0 radical (unpaired) electrons. The van der Waals surface area contributed by atoms with Gasteiger partial charge in [-0.15, -0.1) is 0 Å². The van der Waals surface area contributed by atoms with E-state index in [0.29, 0.717) is 0 Å². The predicted octanol–water partition coefficient (Wildman–Crippen LogP) is 4.16. The zero-order valence-electron chi connectivity index (χ0n) is 12.3. The van der Waals surface area contributed by atoms with Gasteiger partial charge in [0, 0.05) is 19.0 Å². The molecule has 0 aromatic rings. The van der Waals surface area contributed by atoms with Gasteiger partial charge in [0.25, 0.3) is 0 Å². The zero-order valence-corrected chi connectivity index (χ0v) is 12.3. The Morgan fingerprint density at radius 1 is 1.12 bits per heavy atom. The van der Waals surface area contributed by atoms with Crippen LogP contribution < -0.4 is 0 Å². The average Bonchev–Trinajstić information content (AvgIpc) is 2.19. The molecule has 0 aliphatic heterocycles. The van der Waals surface area contributed by atoms with E-state index in [1.54, 1.807) is 6.92 Å². The number of allylic oxidation sites excluding steroid dienone is 2. The van der Waals surface area contributed by atoms with Crippen LogP contribution in [0.2, 0.25) is 0 Å². The molecule has 0 spiro atoms. The molecule has 0 saturated heterocycles. The van der Waals surface area contributed by atoms with Gasteiger partial charge in [-0.3, -0.25) is 4.79 Å². The van der Waals surface area contributed by atoms with Crippen LogP contribution in [0.25, 0.3) is 0 Å². The second kappa shape index (κ2) is 8.32. The van der Waals surface area contributed by atoms with Crippen molar-refractivity contribution in [2.45, 2.75) is 72.3 Å². The van der Waals surface area contributed by atoms with E-state index in [1.807, 2.05) is 4.90 Å². The van der Waals surface area contributed by atoms with E-state index in [1.165, 1.54) is 19.3 Å². The normalized spacial score (nSPS) is 12.1. The number of unbranched alkanes of at least 4 members (excludes halogenated alkanes) is 3. The summed E-state index contributed by atoms with van der Waals surface area (Å²) in [5.41, 5.74) is -0.0477. The first-order valence-corrected chi connectivity index (χ1v) is 6.82. The number of carbonyl (C=O) groups is 1. The summed E-state index contributed by atoms with van der Waals surface area (Å²) in [5, 5.41) is 0. The SMILES string of the molecule is CC/C=C\CCCCCN(C(C)=O)C(C)(C)C. The van der Waals surface area contributed by atoms with Crippen molar-refractivity contribution >= 4 is 5.91 Å². The molecular weight excluding hydrogens is 210 g/mol. The predicted molar refractivity (Wildman–Crippen MR) is 75.0 cm³/mol. The summed E-state index contributed by atoms with van der Waals surface area (Å²) < 4.78 is 0. The van der Waals surface area contributed by atoms with Gasteiger partial charge in [0.15, 0.2) is 0 Å². The van der Waals surface area contributed by atoms with Crippen molar-refractivity contribution in [3.8, 4) is 0 Å². The van der Waals surface area contributed by atoms with Crippen LogP contribution in [0.1, 0.15) is 66.7 Å². The highest BCUT2D eigenvalue weighted by Gasteiger charge is 2.22. The molecule has 0 fully saturated rings. The summed E-state index contributed by atoms with van der Waals surface area (Å²) in [6.07, 6.45) is 10.3. The molecular formula is C15H29NO. The minimum Gasteiger partial charge on any atom is -0.338 e. The van der Waals surface area contributed by atoms with Gasteiger partial charge in [-0.2, -0.15) is 0 Å². The van der Waals surface area contributed by atoms with E-state index in [9.17, 15) is 4.79 Å². The summed E-state index contributed by atoms with van der Waals surface area (Å²) in [4.78, 5) is 13.5. The molecule has 1 amide bonds. The van der Waals surface area contributed by atoms with E-state index < -0.39 is 0 Å². The van der Waals surface area contributed by atoms with Crippen LogP contribution in [-0.4, -0.2) is 22.9 Å². The summed E-state index contributed by atoms with van der Waals surface area (Å²) in [6.45, 7) is 11.0. The van der Waals surface area contributed by atoms with Gasteiger partial charge in [-0.05, 0) is 46.5 Å². The Kier molecular flexibility index (Phi) is 7.94. The lowest BCUT2D eigenvalue weighted by atomic mass is 10.0. The fourth-order valence-electron chi connectivity index (χ4n) is 1.96. The van der Waals surface area contributed by atoms with Crippen LogP contribution >= 0.6 is 0 Å². The molecule has 17 heavy (non-hydrogen) atoms. The lowest BCUT2D eigenvalue weighted by Crippen LogP contribution is -2.44. The number of rotatable bonds is 7. The molecule has 0 atom stereocenters. The number of hydrogen-bond acceptors (Lipinski definition) is 1.